The average Bonchev–Trinajstić information content (AvgIpc) is 3.29. The van der Waals surface area contributed by atoms with Crippen LogP contribution in [0.25, 0.3) is 0 Å². The number of cyclic esters (lactones) is 1. The Balaban J connectivity index is 1.46. The quantitative estimate of drug-likeness (QED) is 0.737. The van der Waals surface area contributed by atoms with Crippen LogP contribution in [-0.2, 0) is 23.0 Å². The molecule has 28 heavy (non-hydrogen) atoms. The Bertz CT molecular complexity index is 851. The van der Waals surface area contributed by atoms with Crippen molar-refractivity contribution in [3.8, 4) is 11.5 Å². The number of methoxy groups -OCH3 is 2. The number of aromatic nitrogens is 2. The number of carbonyl (C=O) groups is 2. The molecule has 1 atom stereocenters. The summed E-state index contributed by atoms with van der Waals surface area (Å²) in [7, 11) is 4.91. The molecule has 1 aliphatic heterocycles. The fourth-order valence-electron chi connectivity index (χ4n) is 3.06. The van der Waals surface area contributed by atoms with Crippen molar-refractivity contribution >= 4 is 17.8 Å². The lowest BCUT2D eigenvalue weighted by atomic mass is 10.1. The number of hydrogen-bond donors (Lipinski definition) is 1. The van der Waals surface area contributed by atoms with E-state index in [0.717, 1.165) is 5.56 Å². The van der Waals surface area contributed by atoms with E-state index < -0.39 is 12.2 Å². The highest BCUT2D eigenvalue weighted by molar-refractivity contribution is 5.88. The van der Waals surface area contributed by atoms with Gasteiger partial charge < -0.3 is 19.5 Å². The minimum absolute atomic E-state index is 0.107. The van der Waals surface area contributed by atoms with Crippen molar-refractivity contribution < 1.29 is 23.8 Å². The summed E-state index contributed by atoms with van der Waals surface area (Å²) in [5.41, 5.74) is 0.975. The largest absolute Gasteiger partial charge is 0.493 e. The average molecular weight is 388 g/mol. The summed E-state index contributed by atoms with van der Waals surface area (Å²) < 4.78 is 17.4. The smallest absolute Gasteiger partial charge is 0.416 e. The minimum Gasteiger partial charge on any atom is -0.493 e. The molecule has 150 valence electrons. The molecular weight excluding hydrogens is 364 g/mol. The van der Waals surface area contributed by atoms with Crippen LogP contribution in [0.5, 0.6) is 11.5 Å². The summed E-state index contributed by atoms with van der Waals surface area (Å²) in [4.78, 5) is 25.7. The molecule has 1 aromatic carbocycles. The maximum Gasteiger partial charge on any atom is 0.416 e. The molecule has 2 aromatic rings. The summed E-state index contributed by atoms with van der Waals surface area (Å²) in [5, 5.41) is 6.88. The van der Waals surface area contributed by atoms with E-state index in [2.05, 4.69) is 10.4 Å². The molecule has 1 aliphatic rings. The van der Waals surface area contributed by atoms with E-state index in [1.54, 1.807) is 38.2 Å². The minimum atomic E-state index is -0.437. The van der Waals surface area contributed by atoms with Crippen LogP contribution in [0.2, 0.25) is 0 Å². The fraction of sp³-hybridized carbons (Fsp3) is 0.421. The SMILES string of the molecule is COc1ccc(CCC(=O)NCC2CN(c3ccnn3C)C(=O)O2)cc1OC. The monoisotopic (exact) mass is 388 g/mol. The Labute approximate surface area is 163 Å². The van der Waals surface area contributed by atoms with Gasteiger partial charge in [0.1, 0.15) is 11.9 Å². The van der Waals surface area contributed by atoms with Crippen LogP contribution < -0.4 is 19.7 Å². The number of hydrogen-bond acceptors (Lipinski definition) is 6. The first-order valence-electron chi connectivity index (χ1n) is 8.95. The lowest BCUT2D eigenvalue weighted by Gasteiger charge is -2.13. The number of nitrogens with one attached hydrogen (secondary N) is 1. The summed E-state index contributed by atoms with van der Waals surface area (Å²) >= 11 is 0. The second-order valence-electron chi connectivity index (χ2n) is 6.42. The lowest BCUT2D eigenvalue weighted by Crippen LogP contribution is -2.35. The summed E-state index contributed by atoms with van der Waals surface area (Å²) in [6.07, 6.45) is 1.67. The second-order valence-corrected chi connectivity index (χ2v) is 6.42. The Morgan fingerprint density at radius 1 is 1.29 bits per heavy atom. The third-order valence-electron chi connectivity index (χ3n) is 4.56. The molecule has 1 saturated heterocycles. The van der Waals surface area contributed by atoms with Gasteiger partial charge in [-0.05, 0) is 24.1 Å². The van der Waals surface area contributed by atoms with E-state index in [9.17, 15) is 9.59 Å². The van der Waals surface area contributed by atoms with Gasteiger partial charge in [-0.3, -0.25) is 14.4 Å². The number of rotatable bonds is 8. The number of benzene rings is 1. The van der Waals surface area contributed by atoms with Gasteiger partial charge in [0, 0.05) is 19.5 Å². The van der Waals surface area contributed by atoms with Gasteiger partial charge in [-0.25, -0.2) is 4.79 Å². The van der Waals surface area contributed by atoms with Gasteiger partial charge in [-0.15, -0.1) is 0 Å². The fourth-order valence-corrected chi connectivity index (χ4v) is 3.06. The molecule has 0 saturated carbocycles. The van der Waals surface area contributed by atoms with E-state index in [-0.39, 0.29) is 12.5 Å². The first-order chi connectivity index (χ1) is 13.5. The molecule has 1 N–H and O–H groups in total. The number of aryl methyl sites for hydroxylation is 2. The summed E-state index contributed by atoms with van der Waals surface area (Å²) in [5.74, 6) is 1.84. The first kappa shape index (κ1) is 19.5. The van der Waals surface area contributed by atoms with E-state index in [4.69, 9.17) is 14.2 Å². The highest BCUT2D eigenvalue weighted by Gasteiger charge is 2.33. The molecule has 0 aliphatic carbocycles. The first-order valence-corrected chi connectivity index (χ1v) is 8.95. The van der Waals surface area contributed by atoms with E-state index in [1.807, 2.05) is 18.2 Å². The van der Waals surface area contributed by atoms with Crippen LogP contribution >= 0.6 is 0 Å². The van der Waals surface area contributed by atoms with E-state index in [0.29, 0.717) is 36.7 Å². The summed E-state index contributed by atoms with van der Waals surface area (Å²) in [6.45, 7) is 0.638. The second kappa shape index (κ2) is 8.64. The molecule has 0 radical (unpaired) electrons. The van der Waals surface area contributed by atoms with Crippen LogP contribution in [0.1, 0.15) is 12.0 Å². The predicted molar refractivity (Wildman–Crippen MR) is 102 cm³/mol. The van der Waals surface area contributed by atoms with Crippen molar-refractivity contribution in [1.29, 1.82) is 0 Å². The molecule has 0 spiro atoms. The van der Waals surface area contributed by atoms with Crippen molar-refractivity contribution in [2.75, 3.05) is 32.2 Å². The van der Waals surface area contributed by atoms with Crippen molar-refractivity contribution in [3.63, 3.8) is 0 Å². The zero-order valence-corrected chi connectivity index (χ0v) is 16.2. The maximum atomic E-state index is 12.2. The molecule has 9 heteroatoms. The van der Waals surface area contributed by atoms with E-state index in [1.165, 1.54) is 4.90 Å². The van der Waals surface area contributed by atoms with Crippen LogP contribution in [0.3, 0.4) is 0 Å². The zero-order chi connectivity index (χ0) is 20.1. The molecule has 1 fully saturated rings. The molecule has 2 amide bonds. The normalized spacial score (nSPS) is 16.0. The van der Waals surface area contributed by atoms with Crippen LogP contribution in [0, 0.1) is 0 Å². The van der Waals surface area contributed by atoms with Gasteiger partial charge in [0.15, 0.2) is 11.5 Å². The standard InChI is InChI=1S/C19H24N4O5/c1-22-18(8-9-21-22)23-12-14(28-19(23)25)11-20-17(24)7-5-13-4-6-15(26-2)16(10-13)27-3/h4,6,8-10,14H,5,7,11-12H2,1-3H3,(H,20,24). The highest BCUT2D eigenvalue weighted by atomic mass is 16.6. The molecule has 9 nitrogen and oxygen atoms in total. The number of amides is 2. The van der Waals surface area contributed by atoms with Crippen LogP contribution in [-0.4, -0.2) is 55.2 Å². The topological polar surface area (TPSA) is 94.9 Å². The third kappa shape index (κ3) is 4.36. The lowest BCUT2D eigenvalue weighted by molar-refractivity contribution is -0.121. The van der Waals surface area contributed by atoms with Gasteiger partial charge >= 0.3 is 6.09 Å². The molecular formula is C19H24N4O5. The van der Waals surface area contributed by atoms with E-state index >= 15 is 0 Å². The Hall–Kier alpha value is -3.23. The molecule has 0 bridgehead atoms. The van der Waals surface area contributed by atoms with Crippen molar-refractivity contribution in [1.82, 2.24) is 15.1 Å². The predicted octanol–water partition coefficient (Wildman–Crippen LogP) is 1.51. The van der Waals surface area contributed by atoms with Gasteiger partial charge in [-0.2, -0.15) is 5.10 Å². The Morgan fingerprint density at radius 2 is 2.07 bits per heavy atom. The maximum absolute atomic E-state index is 12.2. The Kier molecular flexibility index (Phi) is 6.03. The van der Waals surface area contributed by atoms with Crippen molar-refractivity contribution in [2.45, 2.75) is 18.9 Å². The number of ether oxygens (including phenoxy) is 3. The van der Waals surface area contributed by atoms with Crippen molar-refractivity contribution in [3.05, 3.63) is 36.0 Å². The van der Waals surface area contributed by atoms with Gasteiger partial charge in [-0.1, -0.05) is 6.07 Å². The van der Waals surface area contributed by atoms with Crippen molar-refractivity contribution in [2.24, 2.45) is 7.05 Å². The van der Waals surface area contributed by atoms with Crippen LogP contribution in [0.4, 0.5) is 10.6 Å². The molecule has 3 rings (SSSR count). The molecule has 1 unspecified atom stereocenters. The van der Waals surface area contributed by atoms with Crippen LogP contribution in [0.15, 0.2) is 30.5 Å². The van der Waals surface area contributed by atoms with Gasteiger partial charge in [0.05, 0.1) is 33.5 Å². The zero-order valence-electron chi connectivity index (χ0n) is 16.2. The summed E-state index contributed by atoms with van der Waals surface area (Å²) in [6, 6.07) is 7.32. The number of anilines is 1. The van der Waals surface area contributed by atoms with Gasteiger partial charge in [0.25, 0.3) is 0 Å². The Morgan fingerprint density at radius 3 is 2.75 bits per heavy atom. The number of carbonyl (C=O) groups excluding carboxylic acids is 2. The van der Waals surface area contributed by atoms with Gasteiger partial charge in [0.2, 0.25) is 5.91 Å². The third-order valence-corrected chi connectivity index (χ3v) is 4.56. The highest BCUT2D eigenvalue weighted by Crippen LogP contribution is 2.28. The molecule has 2 heterocycles. The molecule has 1 aromatic heterocycles. The number of nitrogens with zero attached hydrogens (tertiary/aromatic N) is 3.